The molecule has 0 unspecified atom stereocenters. The quantitative estimate of drug-likeness (QED) is 0.740. The molecule has 2 amide bonds. The number of carboxylic acid groups (broad SMARTS) is 1. The molecule has 0 radical (unpaired) electrons. The summed E-state index contributed by atoms with van der Waals surface area (Å²) >= 11 is 0. The number of aromatic nitrogens is 2. The van der Waals surface area contributed by atoms with Gasteiger partial charge in [-0.25, -0.2) is 9.78 Å². The van der Waals surface area contributed by atoms with Crippen LogP contribution in [0.25, 0.3) is 0 Å². The Morgan fingerprint density at radius 1 is 1.48 bits per heavy atom. The maximum Gasteiger partial charge on any atom is 0.407 e. The standard InChI is InChI=1S/C13H20N4O4/c1-9-14-8-11(15-9)12(19)17(6-7-18)10-2-4-16(5-3-10)13(20)21/h8,10,18H,2-7H2,1H3,(H,14,15)(H,20,21). The largest absolute Gasteiger partial charge is 0.465 e. The molecule has 116 valence electrons. The zero-order valence-electron chi connectivity index (χ0n) is 11.9. The fourth-order valence-electron chi connectivity index (χ4n) is 2.61. The first-order valence-electron chi connectivity index (χ1n) is 6.94. The van der Waals surface area contributed by atoms with Crippen molar-refractivity contribution >= 4 is 12.0 Å². The van der Waals surface area contributed by atoms with Gasteiger partial charge in [0.1, 0.15) is 11.5 Å². The number of carbonyl (C=O) groups is 2. The van der Waals surface area contributed by atoms with Gasteiger partial charge in [-0.1, -0.05) is 0 Å². The summed E-state index contributed by atoms with van der Waals surface area (Å²) in [5, 5.41) is 18.1. The summed E-state index contributed by atoms with van der Waals surface area (Å²) < 4.78 is 0. The highest BCUT2D eigenvalue weighted by Crippen LogP contribution is 2.18. The lowest BCUT2D eigenvalue weighted by Crippen LogP contribution is -2.49. The molecule has 1 aromatic heterocycles. The smallest absolute Gasteiger partial charge is 0.407 e. The predicted molar refractivity (Wildman–Crippen MR) is 74.1 cm³/mol. The second-order valence-electron chi connectivity index (χ2n) is 5.11. The third-order valence-electron chi connectivity index (χ3n) is 3.71. The average Bonchev–Trinajstić information content (AvgIpc) is 2.91. The zero-order valence-corrected chi connectivity index (χ0v) is 11.9. The van der Waals surface area contributed by atoms with E-state index in [1.807, 2.05) is 0 Å². The third-order valence-corrected chi connectivity index (χ3v) is 3.71. The predicted octanol–water partition coefficient (Wildman–Crippen LogP) is 0.295. The van der Waals surface area contributed by atoms with E-state index in [-0.39, 0.29) is 25.1 Å². The molecule has 2 rings (SSSR count). The number of nitrogens with one attached hydrogen (secondary N) is 1. The van der Waals surface area contributed by atoms with Crippen molar-refractivity contribution < 1.29 is 19.8 Å². The fourth-order valence-corrected chi connectivity index (χ4v) is 2.61. The number of hydrogen-bond acceptors (Lipinski definition) is 4. The molecule has 1 aliphatic heterocycles. The van der Waals surface area contributed by atoms with Gasteiger partial charge in [0.15, 0.2) is 0 Å². The number of aryl methyl sites for hydroxylation is 1. The number of likely N-dealkylation sites (tertiary alicyclic amines) is 1. The molecule has 21 heavy (non-hydrogen) atoms. The number of nitrogens with zero attached hydrogens (tertiary/aromatic N) is 3. The van der Waals surface area contributed by atoms with Gasteiger partial charge in [0.25, 0.3) is 5.91 Å². The molecule has 8 heteroatoms. The van der Waals surface area contributed by atoms with Crippen molar-refractivity contribution in [3.63, 3.8) is 0 Å². The van der Waals surface area contributed by atoms with E-state index >= 15 is 0 Å². The first-order chi connectivity index (χ1) is 10.0. The van der Waals surface area contributed by atoms with Crippen LogP contribution >= 0.6 is 0 Å². The van der Waals surface area contributed by atoms with Crippen molar-refractivity contribution in [3.05, 3.63) is 17.7 Å². The molecule has 0 spiro atoms. The number of piperidine rings is 1. The number of hydrogen-bond donors (Lipinski definition) is 3. The zero-order chi connectivity index (χ0) is 15.4. The van der Waals surface area contributed by atoms with Crippen LogP contribution in [0.15, 0.2) is 6.20 Å². The Balaban J connectivity index is 2.05. The topological polar surface area (TPSA) is 110 Å². The normalized spacial score (nSPS) is 16.0. The molecular formula is C13H20N4O4. The Kier molecular flexibility index (Phi) is 4.79. The van der Waals surface area contributed by atoms with E-state index in [1.165, 1.54) is 11.1 Å². The summed E-state index contributed by atoms with van der Waals surface area (Å²) in [4.78, 5) is 33.2. The highest BCUT2D eigenvalue weighted by molar-refractivity contribution is 5.92. The number of H-pyrrole nitrogens is 1. The summed E-state index contributed by atoms with van der Waals surface area (Å²) in [7, 11) is 0. The van der Waals surface area contributed by atoms with Gasteiger partial charge in [-0.3, -0.25) is 4.79 Å². The van der Waals surface area contributed by atoms with Crippen molar-refractivity contribution in [3.8, 4) is 0 Å². The lowest BCUT2D eigenvalue weighted by molar-refractivity contribution is 0.0517. The number of aromatic amines is 1. The van der Waals surface area contributed by atoms with Crippen LogP contribution in [0.5, 0.6) is 0 Å². The highest BCUT2D eigenvalue weighted by atomic mass is 16.4. The Hall–Kier alpha value is -2.09. The summed E-state index contributed by atoms with van der Waals surface area (Å²) in [6.07, 6.45) is 1.70. The molecule has 0 bridgehead atoms. The van der Waals surface area contributed by atoms with Crippen LogP contribution in [0.2, 0.25) is 0 Å². The van der Waals surface area contributed by atoms with Crippen LogP contribution in [0.4, 0.5) is 4.79 Å². The van der Waals surface area contributed by atoms with Gasteiger partial charge in [0.2, 0.25) is 0 Å². The van der Waals surface area contributed by atoms with E-state index < -0.39 is 6.09 Å². The molecular weight excluding hydrogens is 276 g/mol. The molecule has 0 saturated carbocycles. The van der Waals surface area contributed by atoms with Gasteiger partial charge in [-0.15, -0.1) is 0 Å². The van der Waals surface area contributed by atoms with Crippen molar-refractivity contribution in [2.45, 2.75) is 25.8 Å². The van der Waals surface area contributed by atoms with Gasteiger partial charge in [0.05, 0.1) is 12.8 Å². The van der Waals surface area contributed by atoms with Crippen molar-refractivity contribution in [1.29, 1.82) is 0 Å². The monoisotopic (exact) mass is 296 g/mol. The average molecular weight is 296 g/mol. The molecule has 0 aliphatic carbocycles. The summed E-state index contributed by atoms with van der Waals surface area (Å²) in [5.41, 5.74) is 0.390. The lowest BCUT2D eigenvalue weighted by atomic mass is 10.0. The minimum Gasteiger partial charge on any atom is -0.465 e. The third kappa shape index (κ3) is 3.52. The van der Waals surface area contributed by atoms with Crippen LogP contribution in [0, 0.1) is 6.92 Å². The maximum absolute atomic E-state index is 12.5. The van der Waals surface area contributed by atoms with Crippen molar-refractivity contribution in [2.24, 2.45) is 0 Å². The van der Waals surface area contributed by atoms with E-state index in [0.29, 0.717) is 37.4 Å². The van der Waals surface area contributed by atoms with Gasteiger partial charge in [-0.05, 0) is 19.8 Å². The number of rotatable bonds is 4. The van der Waals surface area contributed by atoms with E-state index in [9.17, 15) is 14.7 Å². The SMILES string of the molecule is Cc1ncc(C(=O)N(CCO)C2CCN(C(=O)O)CC2)[nH]1. The fraction of sp³-hybridized carbons (Fsp3) is 0.615. The van der Waals surface area contributed by atoms with Crippen molar-refractivity contribution in [2.75, 3.05) is 26.2 Å². The van der Waals surface area contributed by atoms with Crippen LogP contribution < -0.4 is 0 Å². The van der Waals surface area contributed by atoms with E-state index in [2.05, 4.69) is 9.97 Å². The Morgan fingerprint density at radius 2 is 2.14 bits per heavy atom. The van der Waals surface area contributed by atoms with Crippen LogP contribution in [0.3, 0.4) is 0 Å². The second-order valence-corrected chi connectivity index (χ2v) is 5.11. The first kappa shape index (κ1) is 15.3. The molecule has 0 aromatic carbocycles. The molecule has 1 saturated heterocycles. The van der Waals surface area contributed by atoms with Gasteiger partial charge in [0, 0.05) is 25.7 Å². The van der Waals surface area contributed by atoms with Gasteiger partial charge in [-0.2, -0.15) is 0 Å². The lowest BCUT2D eigenvalue weighted by Gasteiger charge is -2.37. The summed E-state index contributed by atoms with van der Waals surface area (Å²) in [5.74, 6) is 0.446. The van der Waals surface area contributed by atoms with E-state index in [1.54, 1.807) is 11.8 Å². The number of amides is 2. The van der Waals surface area contributed by atoms with Gasteiger partial charge < -0.3 is 25.0 Å². The molecule has 2 heterocycles. The Labute approximate surface area is 122 Å². The molecule has 1 aromatic rings. The molecule has 0 atom stereocenters. The minimum atomic E-state index is -0.933. The van der Waals surface area contributed by atoms with Crippen molar-refractivity contribution in [1.82, 2.24) is 19.8 Å². The Bertz CT molecular complexity index is 508. The number of aliphatic hydroxyl groups is 1. The highest BCUT2D eigenvalue weighted by Gasteiger charge is 2.30. The van der Waals surface area contributed by atoms with Crippen LogP contribution in [-0.2, 0) is 0 Å². The minimum absolute atomic E-state index is 0.0659. The van der Waals surface area contributed by atoms with Crippen LogP contribution in [-0.4, -0.2) is 74.3 Å². The van der Waals surface area contributed by atoms with E-state index in [0.717, 1.165) is 0 Å². The molecule has 8 nitrogen and oxygen atoms in total. The van der Waals surface area contributed by atoms with E-state index in [4.69, 9.17) is 5.11 Å². The summed E-state index contributed by atoms with van der Waals surface area (Å²) in [6, 6.07) is -0.0659. The molecule has 3 N–H and O–H groups in total. The molecule has 1 aliphatic rings. The number of aliphatic hydroxyl groups excluding tert-OH is 1. The first-order valence-corrected chi connectivity index (χ1v) is 6.94. The molecule has 1 fully saturated rings. The van der Waals surface area contributed by atoms with Crippen LogP contribution in [0.1, 0.15) is 29.2 Å². The summed E-state index contributed by atoms with van der Waals surface area (Å²) in [6.45, 7) is 2.67. The number of carbonyl (C=O) groups excluding carboxylic acids is 1. The Morgan fingerprint density at radius 3 is 2.62 bits per heavy atom. The van der Waals surface area contributed by atoms with Gasteiger partial charge >= 0.3 is 6.09 Å². The maximum atomic E-state index is 12.5. The number of imidazole rings is 1. The second kappa shape index (κ2) is 6.57.